The minimum absolute atomic E-state index is 0.0989. The monoisotopic (exact) mass is 480 g/mol. The van der Waals surface area contributed by atoms with Crippen LogP contribution in [0.4, 0.5) is 5.13 Å². The molecule has 8 nitrogen and oxygen atoms in total. The second-order valence-electron chi connectivity index (χ2n) is 7.99. The van der Waals surface area contributed by atoms with Crippen LogP contribution in [0.3, 0.4) is 0 Å². The Kier molecular flexibility index (Phi) is 9.01. The van der Waals surface area contributed by atoms with Crippen LogP contribution in [-0.4, -0.2) is 54.3 Å². The van der Waals surface area contributed by atoms with E-state index in [9.17, 15) is 13.2 Å². The number of methoxy groups -OCH3 is 1. The highest BCUT2D eigenvalue weighted by atomic mass is 32.2. The number of amides is 1. The van der Waals surface area contributed by atoms with Crippen LogP contribution in [0.5, 0.6) is 5.75 Å². The van der Waals surface area contributed by atoms with E-state index >= 15 is 0 Å². The number of sulfonamides is 1. The molecule has 1 N–H and O–H groups in total. The van der Waals surface area contributed by atoms with Crippen LogP contribution in [0.25, 0.3) is 10.6 Å². The van der Waals surface area contributed by atoms with Crippen molar-refractivity contribution in [2.24, 2.45) is 0 Å². The van der Waals surface area contributed by atoms with Gasteiger partial charge in [-0.15, -0.1) is 10.2 Å². The van der Waals surface area contributed by atoms with Crippen LogP contribution >= 0.6 is 11.3 Å². The highest BCUT2D eigenvalue weighted by Gasteiger charge is 2.38. The van der Waals surface area contributed by atoms with Crippen LogP contribution in [0.2, 0.25) is 0 Å². The molecule has 0 aliphatic carbocycles. The van der Waals surface area contributed by atoms with E-state index in [2.05, 4.69) is 22.4 Å². The molecule has 0 radical (unpaired) electrons. The third-order valence-electron chi connectivity index (χ3n) is 5.59. The molecule has 2 heterocycles. The van der Waals surface area contributed by atoms with E-state index in [1.54, 1.807) is 7.11 Å². The highest BCUT2D eigenvalue weighted by Crippen LogP contribution is 2.30. The Hall–Kier alpha value is -2.04. The summed E-state index contributed by atoms with van der Waals surface area (Å²) in [4.78, 5) is 12.9. The van der Waals surface area contributed by atoms with Gasteiger partial charge in [0.25, 0.3) is 0 Å². The molecule has 1 aromatic heterocycles. The first-order valence-electron chi connectivity index (χ1n) is 11.2. The number of nitrogens with zero attached hydrogens (tertiary/aromatic N) is 3. The first-order chi connectivity index (χ1) is 15.4. The lowest BCUT2D eigenvalue weighted by atomic mass is 10.1. The Bertz CT molecular complexity index is 993. The predicted molar refractivity (Wildman–Crippen MR) is 127 cm³/mol. The van der Waals surface area contributed by atoms with Gasteiger partial charge in [-0.05, 0) is 31.4 Å². The van der Waals surface area contributed by atoms with E-state index in [1.807, 2.05) is 24.3 Å². The molecule has 1 aliphatic rings. The summed E-state index contributed by atoms with van der Waals surface area (Å²) in [5.41, 5.74) is 0.839. The largest absolute Gasteiger partial charge is 0.497 e. The van der Waals surface area contributed by atoms with Crippen LogP contribution in [0, 0.1) is 0 Å². The lowest BCUT2D eigenvalue weighted by Gasteiger charge is -2.22. The highest BCUT2D eigenvalue weighted by molar-refractivity contribution is 7.89. The SMILES string of the molecule is CCCCCCCCS(=O)(=O)N1CCCC1C(=O)Nc1nnc(-c2cccc(OC)c2)s1. The van der Waals surface area contributed by atoms with Gasteiger partial charge in [-0.3, -0.25) is 10.1 Å². The maximum atomic E-state index is 12.9. The quantitative estimate of drug-likeness (QED) is 0.454. The molecule has 0 bridgehead atoms. The fraction of sp³-hybridized carbons (Fsp3) is 0.591. The second-order valence-corrected chi connectivity index (χ2v) is 11.0. The van der Waals surface area contributed by atoms with Gasteiger partial charge < -0.3 is 4.74 Å². The lowest BCUT2D eigenvalue weighted by molar-refractivity contribution is -0.119. The number of carbonyl (C=O) groups excluding carboxylic acids is 1. The zero-order chi connectivity index (χ0) is 23.0. The lowest BCUT2D eigenvalue weighted by Crippen LogP contribution is -2.44. The summed E-state index contributed by atoms with van der Waals surface area (Å²) < 4.78 is 32.3. The Balaban J connectivity index is 1.58. The smallest absolute Gasteiger partial charge is 0.244 e. The fourth-order valence-electron chi connectivity index (χ4n) is 3.85. The van der Waals surface area contributed by atoms with Crippen molar-refractivity contribution in [1.82, 2.24) is 14.5 Å². The molecule has 1 fully saturated rings. The van der Waals surface area contributed by atoms with Crippen LogP contribution in [0.1, 0.15) is 58.3 Å². The van der Waals surface area contributed by atoms with E-state index in [1.165, 1.54) is 28.5 Å². The summed E-state index contributed by atoms with van der Waals surface area (Å²) >= 11 is 1.25. The number of anilines is 1. The standard InChI is InChI=1S/C22H32N4O4S2/c1-3-4-5-6-7-8-15-32(28,29)26-14-10-13-19(26)20(27)23-22-25-24-21(31-22)17-11-9-12-18(16-17)30-2/h9,11-12,16,19H,3-8,10,13-15H2,1-2H3,(H,23,25,27). The van der Waals surface area contributed by atoms with Crippen LogP contribution < -0.4 is 10.1 Å². The van der Waals surface area contributed by atoms with E-state index < -0.39 is 16.1 Å². The van der Waals surface area contributed by atoms with E-state index in [4.69, 9.17) is 4.74 Å². The Morgan fingerprint density at radius 3 is 2.78 bits per heavy atom. The Morgan fingerprint density at radius 2 is 2.00 bits per heavy atom. The average molecular weight is 481 g/mol. The maximum Gasteiger partial charge on any atom is 0.244 e. The molecule has 176 valence electrons. The van der Waals surface area contributed by atoms with Gasteiger partial charge in [-0.1, -0.05) is 62.5 Å². The number of unbranched alkanes of at least 4 members (excludes halogenated alkanes) is 5. The third-order valence-corrected chi connectivity index (χ3v) is 8.44. The summed E-state index contributed by atoms with van der Waals surface area (Å²) in [6, 6.07) is 6.75. The topological polar surface area (TPSA) is 101 Å². The van der Waals surface area contributed by atoms with Crippen molar-refractivity contribution < 1.29 is 17.9 Å². The van der Waals surface area contributed by atoms with Gasteiger partial charge in [-0.2, -0.15) is 4.31 Å². The molecule has 0 spiro atoms. The number of aromatic nitrogens is 2. The van der Waals surface area contributed by atoms with Crippen molar-refractivity contribution in [3.63, 3.8) is 0 Å². The maximum absolute atomic E-state index is 12.9. The Labute approximate surface area is 194 Å². The van der Waals surface area contributed by atoms with Crippen molar-refractivity contribution in [2.45, 2.75) is 64.3 Å². The van der Waals surface area contributed by atoms with Gasteiger partial charge in [-0.25, -0.2) is 8.42 Å². The van der Waals surface area contributed by atoms with Gasteiger partial charge in [0.05, 0.1) is 12.9 Å². The molecule has 32 heavy (non-hydrogen) atoms. The van der Waals surface area contributed by atoms with Gasteiger partial charge >= 0.3 is 0 Å². The third kappa shape index (κ3) is 6.49. The molecule has 3 rings (SSSR count). The molecule has 2 aromatic rings. The summed E-state index contributed by atoms with van der Waals surface area (Å²) in [7, 11) is -1.86. The number of ether oxygens (including phenoxy) is 1. The van der Waals surface area contributed by atoms with Crippen molar-refractivity contribution in [3.8, 4) is 16.3 Å². The molecule has 1 aliphatic heterocycles. The normalized spacial score (nSPS) is 16.9. The number of nitrogens with one attached hydrogen (secondary N) is 1. The van der Waals surface area contributed by atoms with Crippen molar-refractivity contribution >= 4 is 32.4 Å². The zero-order valence-corrected chi connectivity index (χ0v) is 20.4. The molecule has 1 atom stereocenters. The first-order valence-corrected chi connectivity index (χ1v) is 13.7. The minimum Gasteiger partial charge on any atom is -0.497 e. The summed E-state index contributed by atoms with van der Waals surface area (Å²) in [6.45, 7) is 2.55. The molecule has 1 aromatic carbocycles. The van der Waals surface area contributed by atoms with Crippen molar-refractivity contribution in [2.75, 3.05) is 24.7 Å². The number of rotatable bonds is 12. The summed E-state index contributed by atoms with van der Waals surface area (Å²) in [5, 5.41) is 12.0. The number of benzene rings is 1. The second kappa shape index (κ2) is 11.7. The van der Waals surface area contributed by atoms with Crippen molar-refractivity contribution in [3.05, 3.63) is 24.3 Å². The molecule has 0 saturated carbocycles. The number of carbonyl (C=O) groups is 1. The van der Waals surface area contributed by atoms with Crippen LogP contribution in [0.15, 0.2) is 24.3 Å². The van der Waals surface area contributed by atoms with Gasteiger partial charge in [0.1, 0.15) is 16.8 Å². The molecular weight excluding hydrogens is 448 g/mol. The van der Waals surface area contributed by atoms with Gasteiger partial charge in [0.15, 0.2) is 0 Å². The van der Waals surface area contributed by atoms with E-state index in [0.29, 0.717) is 41.7 Å². The molecule has 1 unspecified atom stereocenters. The van der Waals surface area contributed by atoms with E-state index in [-0.39, 0.29) is 11.7 Å². The molecule has 1 amide bonds. The van der Waals surface area contributed by atoms with Gasteiger partial charge in [0.2, 0.25) is 21.1 Å². The van der Waals surface area contributed by atoms with E-state index in [0.717, 1.165) is 24.8 Å². The molecular formula is C22H32N4O4S2. The summed E-state index contributed by atoms with van der Waals surface area (Å²) in [5.74, 6) is 0.463. The Morgan fingerprint density at radius 1 is 1.22 bits per heavy atom. The molecule has 1 saturated heterocycles. The minimum atomic E-state index is -3.46. The zero-order valence-electron chi connectivity index (χ0n) is 18.7. The number of hydrogen-bond donors (Lipinski definition) is 1. The van der Waals surface area contributed by atoms with Gasteiger partial charge in [0, 0.05) is 12.1 Å². The number of hydrogen-bond acceptors (Lipinski definition) is 7. The van der Waals surface area contributed by atoms with Crippen molar-refractivity contribution in [1.29, 1.82) is 0 Å². The first kappa shape index (κ1) is 24.6. The molecule has 10 heteroatoms. The average Bonchev–Trinajstić information content (AvgIpc) is 3.46. The summed E-state index contributed by atoms with van der Waals surface area (Å²) in [6.07, 6.45) is 7.29. The predicted octanol–water partition coefficient (Wildman–Crippen LogP) is 4.31. The van der Waals surface area contributed by atoms with Crippen LogP contribution in [-0.2, 0) is 14.8 Å². The fourth-order valence-corrected chi connectivity index (χ4v) is 6.39.